The number of amides is 1. The molecule has 0 radical (unpaired) electrons. The van der Waals surface area contributed by atoms with E-state index in [0.717, 1.165) is 36.2 Å². The molecule has 2 rings (SSSR count). The summed E-state index contributed by atoms with van der Waals surface area (Å²) in [5, 5.41) is 3.44. The van der Waals surface area contributed by atoms with Gasteiger partial charge < -0.3 is 5.32 Å². The van der Waals surface area contributed by atoms with Crippen LogP contribution in [0.1, 0.15) is 37.7 Å². The Hall–Kier alpha value is -1.11. The zero-order valence-electron chi connectivity index (χ0n) is 13.3. The molecule has 0 aliphatic heterocycles. The SMILES string of the molecule is CS(=O)(=O)N(CC(=O)NC1CCCCC1)Cc1ccccc1Cl. The Morgan fingerprint density at radius 2 is 1.91 bits per heavy atom. The molecular formula is C16H23ClN2O3S. The summed E-state index contributed by atoms with van der Waals surface area (Å²) in [5.41, 5.74) is 0.685. The maximum atomic E-state index is 12.2. The molecule has 0 bridgehead atoms. The van der Waals surface area contributed by atoms with Crippen molar-refractivity contribution in [3.63, 3.8) is 0 Å². The minimum Gasteiger partial charge on any atom is -0.352 e. The summed E-state index contributed by atoms with van der Waals surface area (Å²) in [6.07, 6.45) is 6.47. The first-order chi connectivity index (χ1) is 10.9. The van der Waals surface area contributed by atoms with Crippen molar-refractivity contribution in [2.24, 2.45) is 0 Å². The smallest absolute Gasteiger partial charge is 0.235 e. The van der Waals surface area contributed by atoms with E-state index in [2.05, 4.69) is 5.32 Å². The lowest BCUT2D eigenvalue weighted by atomic mass is 9.95. The maximum absolute atomic E-state index is 12.2. The van der Waals surface area contributed by atoms with Gasteiger partial charge in [-0.3, -0.25) is 4.79 Å². The molecule has 0 saturated heterocycles. The van der Waals surface area contributed by atoms with Crippen LogP contribution in [0.25, 0.3) is 0 Å². The van der Waals surface area contributed by atoms with Crippen molar-refractivity contribution in [1.82, 2.24) is 9.62 Å². The van der Waals surface area contributed by atoms with Gasteiger partial charge in [0.15, 0.2) is 0 Å². The summed E-state index contributed by atoms with van der Waals surface area (Å²) < 4.78 is 25.1. The second kappa shape index (κ2) is 8.13. The monoisotopic (exact) mass is 358 g/mol. The minimum absolute atomic E-state index is 0.0938. The van der Waals surface area contributed by atoms with Gasteiger partial charge in [-0.15, -0.1) is 0 Å². The highest BCUT2D eigenvalue weighted by Gasteiger charge is 2.23. The van der Waals surface area contributed by atoms with Gasteiger partial charge in [0.2, 0.25) is 15.9 Å². The Kier molecular flexibility index (Phi) is 6.44. The lowest BCUT2D eigenvalue weighted by molar-refractivity contribution is -0.122. The Balaban J connectivity index is 2.01. The first kappa shape index (κ1) is 18.2. The molecule has 1 fully saturated rings. The second-order valence-corrected chi connectivity index (χ2v) is 8.41. The molecular weight excluding hydrogens is 336 g/mol. The van der Waals surface area contributed by atoms with Crippen molar-refractivity contribution in [2.45, 2.75) is 44.7 Å². The van der Waals surface area contributed by atoms with E-state index in [1.807, 2.05) is 0 Å². The van der Waals surface area contributed by atoms with Crippen molar-refractivity contribution in [3.05, 3.63) is 34.9 Å². The largest absolute Gasteiger partial charge is 0.352 e. The van der Waals surface area contributed by atoms with E-state index in [1.165, 1.54) is 6.42 Å². The van der Waals surface area contributed by atoms with Gasteiger partial charge in [0, 0.05) is 17.6 Å². The molecule has 1 aromatic rings. The van der Waals surface area contributed by atoms with E-state index >= 15 is 0 Å². The Labute approximate surface area is 143 Å². The normalized spacial score (nSPS) is 16.5. The molecule has 1 aromatic carbocycles. The molecule has 5 nitrogen and oxygen atoms in total. The molecule has 0 atom stereocenters. The lowest BCUT2D eigenvalue weighted by Gasteiger charge is -2.25. The minimum atomic E-state index is -3.50. The average Bonchev–Trinajstić information content (AvgIpc) is 2.48. The predicted molar refractivity (Wildman–Crippen MR) is 91.7 cm³/mol. The number of hydrogen-bond donors (Lipinski definition) is 1. The molecule has 0 unspecified atom stereocenters. The number of hydrogen-bond acceptors (Lipinski definition) is 3. The van der Waals surface area contributed by atoms with Crippen LogP contribution in [0.3, 0.4) is 0 Å². The van der Waals surface area contributed by atoms with Gasteiger partial charge in [0.25, 0.3) is 0 Å². The van der Waals surface area contributed by atoms with Crippen LogP contribution in [0, 0.1) is 0 Å². The molecule has 128 valence electrons. The third-order valence-electron chi connectivity index (χ3n) is 4.06. The number of nitrogens with one attached hydrogen (secondary N) is 1. The summed E-state index contributed by atoms with van der Waals surface area (Å²) in [6.45, 7) is -0.0862. The third kappa shape index (κ3) is 5.79. The topological polar surface area (TPSA) is 66.5 Å². The first-order valence-electron chi connectivity index (χ1n) is 7.84. The number of sulfonamides is 1. The summed E-state index contributed by atoms with van der Waals surface area (Å²) in [4.78, 5) is 12.2. The van der Waals surface area contributed by atoms with Crippen LogP contribution >= 0.6 is 11.6 Å². The van der Waals surface area contributed by atoms with Crippen molar-refractivity contribution in [1.29, 1.82) is 0 Å². The van der Waals surface area contributed by atoms with Gasteiger partial charge in [-0.05, 0) is 24.5 Å². The molecule has 7 heteroatoms. The van der Waals surface area contributed by atoms with Crippen LogP contribution in [0.5, 0.6) is 0 Å². The summed E-state index contributed by atoms with van der Waals surface area (Å²) in [6, 6.07) is 7.22. The molecule has 1 N–H and O–H groups in total. The fourth-order valence-corrected chi connectivity index (χ4v) is 3.71. The van der Waals surface area contributed by atoms with Crippen LogP contribution in [0.4, 0.5) is 0 Å². The van der Waals surface area contributed by atoms with E-state index in [0.29, 0.717) is 10.6 Å². The highest BCUT2D eigenvalue weighted by Crippen LogP contribution is 2.19. The molecule has 0 aromatic heterocycles. The Bertz CT molecular complexity index is 642. The average molecular weight is 359 g/mol. The standard InChI is InChI=1S/C16H23ClN2O3S/c1-23(21,22)19(11-13-7-5-6-10-15(13)17)12-16(20)18-14-8-3-2-4-9-14/h5-7,10,14H,2-4,8-9,11-12H2,1H3,(H,18,20). The highest BCUT2D eigenvalue weighted by atomic mass is 35.5. The molecule has 1 aliphatic rings. The number of nitrogens with zero attached hydrogens (tertiary/aromatic N) is 1. The van der Waals surface area contributed by atoms with Gasteiger partial charge in [0.1, 0.15) is 0 Å². The van der Waals surface area contributed by atoms with Crippen LogP contribution in [0.15, 0.2) is 24.3 Å². The van der Waals surface area contributed by atoms with Gasteiger partial charge in [0.05, 0.1) is 12.8 Å². The second-order valence-electron chi connectivity index (χ2n) is 6.02. The molecule has 1 amide bonds. The van der Waals surface area contributed by atoms with Gasteiger partial charge in [-0.25, -0.2) is 8.42 Å². The molecule has 0 spiro atoms. The van der Waals surface area contributed by atoms with Crippen molar-refractivity contribution in [3.8, 4) is 0 Å². The predicted octanol–water partition coefficient (Wildman–Crippen LogP) is 2.55. The number of halogens is 1. The van der Waals surface area contributed by atoms with Crippen molar-refractivity contribution >= 4 is 27.5 Å². The van der Waals surface area contributed by atoms with E-state index < -0.39 is 10.0 Å². The van der Waals surface area contributed by atoms with Crippen LogP contribution in [-0.4, -0.2) is 37.5 Å². The van der Waals surface area contributed by atoms with Gasteiger partial charge in [-0.1, -0.05) is 49.1 Å². The van der Waals surface area contributed by atoms with E-state index in [9.17, 15) is 13.2 Å². The molecule has 1 aliphatic carbocycles. The zero-order valence-corrected chi connectivity index (χ0v) is 14.9. The zero-order chi connectivity index (χ0) is 16.9. The number of rotatable bonds is 6. The highest BCUT2D eigenvalue weighted by molar-refractivity contribution is 7.88. The number of benzene rings is 1. The number of carbonyl (C=O) groups is 1. The van der Waals surface area contributed by atoms with Gasteiger partial charge >= 0.3 is 0 Å². The van der Waals surface area contributed by atoms with Gasteiger partial charge in [-0.2, -0.15) is 4.31 Å². The first-order valence-corrected chi connectivity index (χ1v) is 10.1. The van der Waals surface area contributed by atoms with Crippen molar-refractivity contribution < 1.29 is 13.2 Å². The quantitative estimate of drug-likeness (QED) is 0.849. The van der Waals surface area contributed by atoms with Crippen LogP contribution < -0.4 is 5.32 Å². The van der Waals surface area contributed by atoms with E-state index in [1.54, 1.807) is 24.3 Å². The summed E-state index contributed by atoms with van der Waals surface area (Å²) in [7, 11) is -3.50. The van der Waals surface area contributed by atoms with Crippen molar-refractivity contribution in [2.75, 3.05) is 12.8 Å². The summed E-state index contributed by atoms with van der Waals surface area (Å²) >= 11 is 6.09. The van der Waals surface area contributed by atoms with Crippen LogP contribution in [-0.2, 0) is 21.4 Å². The Morgan fingerprint density at radius 1 is 1.26 bits per heavy atom. The fraction of sp³-hybridized carbons (Fsp3) is 0.562. The van der Waals surface area contributed by atoms with Crippen LogP contribution in [0.2, 0.25) is 5.02 Å². The third-order valence-corrected chi connectivity index (χ3v) is 5.63. The maximum Gasteiger partial charge on any atom is 0.235 e. The summed E-state index contributed by atoms with van der Waals surface area (Å²) in [5.74, 6) is -0.255. The van der Waals surface area contributed by atoms with E-state index in [4.69, 9.17) is 11.6 Å². The van der Waals surface area contributed by atoms with E-state index in [-0.39, 0.29) is 25.0 Å². The Morgan fingerprint density at radius 3 is 2.52 bits per heavy atom. The molecule has 0 heterocycles. The number of carbonyl (C=O) groups excluding carboxylic acids is 1. The fourth-order valence-electron chi connectivity index (χ4n) is 2.79. The molecule has 1 saturated carbocycles. The lowest BCUT2D eigenvalue weighted by Crippen LogP contribution is -2.44. The molecule has 23 heavy (non-hydrogen) atoms.